The van der Waals surface area contributed by atoms with Gasteiger partial charge in [0, 0.05) is 22.4 Å². The minimum Gasteiger partial charge on any atom is -0.507 e. The molecule has 2 bridgehead atoms. The van der Waals surface area contributed by atoms with Crippen molar-refractivity contribution in [2.45, 2.75) is 37.2 Å². The van der Waals surface area contributed by atoms with Crippen LogP contribution in [0.25, 0.3) is 0 Å². The minimum absolute atomic E-state index is 0.0278. The Balaban J connectivity index is 1.74. The first-order valence-electron chi connectivity index (χ1n) is 12.6. The van der Waals surface area contributed by atoms with E-state index in [1.165, 1.54) is 47.4 Å². The van der Waals surface area contributed by atoms with E-state index < -0.39 is 46.8 Å². The molecule has 6 rings (SSSR count). The smallest absolute Gasteiger partial charge is 0.415 e. The lowest BCUT2D eigenvalue weighted by Gasteiger charge is -2.43. The predicted octanol–water partition coefficient (Wildman–Crippen LogP) is 2.82. The van der Waals surface area contributed by atoms with Crippen LogP contribution in [0.4, 0.5) is 16.2 Å². The van der Waals surface area contributed by atoms with Gasteiger partial charge in [-0.05, 0) is 42.3 Å². The molecular weight excluding hydrogens is 512 g/mol. The van der Waals surface area contributed by atoms with Gasteiger partial charge in [-0.15, -0.1) is 0 Å². The Labute approximate surface area is 229 Å². The fraction of sp³-hybridized carbons (Fsp3) is 0.258. The number of phenols is 1. The molecule has 9 nitrogen and oxygen atoms in total. The number of nitrogen functional groups attached to an aromatic ring is 1. The maximum absolute atomic E-state index is 14.1. The Hall–Kier alpha value is -4.83. The lowest BCUT2D eigenvalue weighted by molar-refractivity contribution is 0.0974. The number of aliphatic hydroxyl groups is 1. The van der Waals surface area contributed by atoms with E-state index in [4.69, 9.17) is 15.2 Å². The summed E-state index contributed by atoms with van der Waals surface area (Å²) in [5.74, 6) is 9.33. The molecule has 1 saturated heterocycles. The molecule has 2 heterocycles. The summed E-state index contributed by atoms with van der Waals surface area (Å²) in [6, 6.07) is 4.47. The fourth-order valence-electron chi connectivity index (χ4n) is 6.23. The van der Waals surface area contributed by atoms with Crippen molar-refractivity contribution in [1.82, 2.24) is 0 Å². The topological polar surface area (TPSA) is 143 Å². The van der Waals surface area contributed by atoms with E-state index >= 15 is 0 Å². The maximum Gasteiger partial charge on any atom is 0.415 e. The number of allylic oxidation sites excluding steroid dienone is 2. The van der Waals surface area contributed by atoms with Crippen LogP contribution in [0.5, 0.6) is 5.75 Å². The Morgan fingerprint density at radius 2 is 1.88 bits per heavy atom. The quantitative estimate of drug-likeness (QED) is 0.201. The van der Waals surface area contributed by atoms with Crippen molar-refractivity contribution in [3.05, 3.63) is 76.9 Å². The third-order valence-corrected chi connectivity index (χ3v) is 7.89. The summed E-state index contributed by atoms with van der Waals surface area (Å²) >= 11 is 0. The summed E-state index contributed by atoms with van der Waals surface area (Å²) < 4.78 is 11.9. The Morgan fingerprint density at radius 3 is 2.58 bits per heavy atom. The van der Waals surface area contributed by atoms with Gasteiger partial charge < -0.3 is 25.4 Å². The number of epoxide rings is 1. The van der Waals surface area contributed by atoms with Crippen LogP contribution in [0, 0.1) is 29.6 Å². The maximum atomic E-state index is 14.1. The van der Waals surface area contributed by atoms with Crippen LogP contribution >= 0.6 is 0 Å². The first kappa shape index (κ1) is 25.4. The minimum atomic E-state index is -1.58. The highest BCUT2D eigenvalue weighted by molar-refractivity contribution is 6.32. The zero-order chi connectivity index (χ0) is 28.6. The number of rotatable bonds is 3. The third kappa shape index (κ3) is 3.05. The molecule has 2 aliphatic carbocycles. The van der Waals surface area contributed by atoms with Gasteiger partial charge in [0.1, 0.15) is 24.0 Å². The number of carbonyl (C=O) groups is 3. The first-order valence-corrected chi connectivity index (χ1v) is 12.6. The second kappa shape index (κ2) is 8.59. The summed E-state index contributed by atoms with van der Waals surface area (Å²) in [6.45, 7) is 7.16. The fourth-order valence-corrected chi connectivity index (χ4v) is 6.23. The number of ether oxygens (including phenoxy) is 2. The van der Waals surface area contributed by atoms with E-state index in [0.717, 1.165) is 0 Å². The summed E-state index contributed by atoms with van der Waals surface area (Å²) in [4.78, 5) is 42.8. The second-order valence-electron chi connectivity index (χ2n) is 10.2. The van der Waals surface area contributed by atoms with E-state index in [0.29, 0.717) is 0 Å². The number of aromatic hydroxyl groups is 1. The van der Waals surface area contributed by atoms with Gasteiger partial charge in [0.15, 0.2) is 23.3 Å². The number of nitrogens with zero attached hydrogens (tertiary/aromatic N) is 1. The number of ketones is 2. The van der Waals surface area contributed by atoms with Gasteiger partial charge in [-0.3, -0.25) is 14.5 Å². The van der Waals surface area contributed by atoms with Crippen LogP contribution in [-0.4, -0.2) is 52.2 Å². The molecule has 0 spiro atoms. The van der Waals surface area contributed by atoms with Gasteiger partial charge in [0.05, 0.1) is 16.8 Å². The molecule has 4 N–H and O–H groups in total. The summed E-state index contributed by atoms with van der Waals surface area (Å²) in [7, 11) is 0. The number of amides is 1. The number of nitrogens with two attached hydrogens (primary N) is 1. The molecule has 40 heavy (non-hydrogen) atoms. The molecule has 2 aliphatic heterocycles. The number of anilines is 2. The van der Waals surface area contributed by atoms with E-state index in [2.05, 4.69) is 30.3 Å². The molecule has 9 heteroatoms. The van der Waals surface area contributed by atoms with Crippen molar-refractivity contribution < 1.29 is 34.1 Å². The molecule has 0 aromatic heterocycles. The first-order chi connectivity index (χ1) is 19.1. The average Bonchev–Trinajstić information content (AvgIpc) is 3.65. The average molecular weight is 537 g/mol. The van der Waals surface area contributed by atoms with Crippen molar-refractivity contribution in [2.75, 3.05) is 17.2 Å². The van der Waals surface area contributed by atoms with E-state index in [1.54, 1.807) is 0 Å². The molecule has 2 aromatic carbocycles. The molecule has 1 fully saturated rings. The van der Waals surface area contributed by atoms with Gasteiger partial charge in [-0.25, -0.2) is 4.79 Å². The zero-order valence-corrected chi connectivity index (χ0v) is 21.6. The lowest BCUT2D eigenvalue weighted by atomic mass is 9.67. The van der Waals surface area contributed by atoms with Crippen molar-refractivity contribution in [3.63, 3.8) is 0 Å². The molecule has 0 radical (unpaired) electrons. The van der Waals surface area contributed by atoms with E-state index in [9.17, 15) is 24.6 Å². The van der Waals surface area contributed by atoms with Crippen molar-refractivity contribution in [2.24, 2.45) is 5.92 Å². The van der Waals surface area contributed by atoms with Crippen molar-refractivity contribution in [1.29, 1.82) is 0 Å². The predicted molar refractivity (Wildman–Crippen MR) is 145 cm³/mol. The van der Waals surface area contributed by atoms with Gasteiger partial charge in [-0.1, -0.05) is 50.2 Å². The lowest BCUT2D eigenvalue weighted by Crippen LogP contribution is -2.59. The molecule has 1 amide bonds. The van der Waals surface area contributed by atoms with Crippen LogP contribution in [0.1, 0.15) is 51.3 Å². The SMILES string of the molecule is C=CCOC(=O)N1c2c(cc(O)c3c2C(=O)c2ccc(N)cc2C3=O)[C@@]23O[C@@]2(C(C)C)[C@@H]1C#C/C=C\C#C[C@H]3O. The molecule has 0 saturated carbocycles. The standard InChI is InChI=1S/C31H24N2O7/c1-4-13-39-29(38)33-22-9-7-5-6-8-10-23(35)31(30(22,40-31)16(2)3)20-15-21(34)24-25(26(20)33)27(36)18-12-11-17(32)14-19(18)28(24)37/h4-6,11-12,14-16,22-23,34-35H,1,13,32H2,2-3H3/b6-5-/t22-,23+,30-,31-/m0/s1. The Kier molecular flexibility index (Phi) is 5.46. The zero-order valence-electron chi connectivity index (χ0n) is 21.6. The van der Waals surface area contributed by atoms with Crippen molar-refractivity contribution in [3.8, 4) is 29.4 Å². The number of hydrogen-bond acceptors (Lipinski definition) is 8. The van der Waals surface area contributed by atoms with E-state index in [1.807, 2.05) is 13.8 Å². The van der Waals surface area contributed by atoms with E-state index in [-0.39, 0.29) is 51.7 Å². The third-order valence-electron chi connectivity index (χ3n) is 7.89. The van der Waals surface area contributed by atoms with Gasteiger partial charge in [-0.2, -0.15) is 0 Å². The van der Waals surface area contributed by atoms with Crippen LogP contribution in [0.15, 0.2) is 49.1 Å². The highest BCUT2D eigenvalue weighted by Gasteiger charge is 2.83. The monoisotopic (exact) mass is 536 g/mol. The van der Waals surface area contributed by atoms with Crippen LogP contribution in [0.2, 0.25) is 0 Å². The van der Waals surface area contributed by atoms with Gasteiger partial charge >= 0.3 is 6.09 Å². The number of benzene rings is 2. The molecule has 0 unspecified atom stereocenters. The Bertz CT molecular complexity index is 1720. The number of phenolic OH excluding ortho intramolecular Hbond substituents is 1. The van der Waals surface area contributed by atoms with Gasteiger partial charge in [0.2, 0.25) is 0 Å². The molecule has 2 aromatic rings. The normalized spacial score (nSPS) is 27.4. The Morgan fingerprint density at radius 1 is 1.18 bits per heavy atom. The highest BCUT2D eigenvalue weighted by atomic mass is 16.6. The number of aliphatic hydroxyl groups excluding tert-OH is 1. The largest absolute Gasteiger partial charge is 0.507 e. The summed E-state index contributed by atoms with van der Waals surface area (Å²) in [5, 5.41) is 22.8. The molecule has 4 aliphatic rings. The van der Waals surface area contributed by atoms with Crippen LogP contribution in [-0.2, 0) is 15.1 Å². The van der Waals surface area contributed by atoms with Crippen LogP contribution in [0.3, 0.4) is 0 Å². The van der Waals surface area contributed by atoms with Gasteiger partial charge in [0.25, 0.3) is 0 Å². The number of carbonyl (C=O) groups excluding carboxylic acids is 3. The molecular formula is C31H24N2O7. The molecule has 200 valence electrons. The molecule has 4 atom stereocenters. The second-order valence-corrected chi connectivity index (χ2v) is 10.2. The number of hydrogen-bond donors (Lipinski definition) is 3. The van der Waals surface area contributed by atoms with Crippen molar-refractivity contribution >= 4 is 29.0 Å². The van der Waals surface area contributed by atoms with Crippen LogP contribution < -0.4 is 10.6 Å². The number of fused-ring (bicyclic) bond motifs is 4. The summed E-state index contributed by atoms with van der Waals surface area (Å²) in [6.07, 6.45) is 2.02. The summed E-state index contributed by atoms with van der Waals surface area (Å²) in [5.41, 5.74) is 2.92. The highest BCUT2D eigenvalue weighted by Crippen LogP contribution is 2.70.